The zero-order chi connectivity index (χ0) is 7.40. The molecule has 0 amide bonds. The van der Waals surface area contributed by atoms with Crippen LogP contribution in [0, 0.1) is 4.91 Å². The first-order chi connectivity index (χ1) is 4.84. The van der Waals surface area contributed by atoms with Crippen LogP contribution in [0.15, 0.2) is 35.3 Å². The van der Waals surface area contributed by atoms with Crippen molar-refractivity contribution in [2.45, 2.75) is 0 Å². The summed E-state index contributed by atoms with van der Waals surface area (Å²) in [5.74, 6) is 0. The Morgan fingerprint density at radius 3 is 2.30 bits per heavy atom. The maximum absolute atomic E-state index is 10.7. The molecule has 0 spiro atoms. The minimum atomic E-state index is -2.05. The van der Waals surface area contributed by atoms with Crippen LogP contribution in [0.25, 0.3) is 0 Å². The third kappa shape index (κ3) is 1.45. The average molecular weight is 154 g/mol. The van der Waals surface area contributed by atoms with E-state index in [9.17, 15) is 9.47 Å². The maximum Gasteiger partial charge on any atom is 0.565 e. The van der Waals surface area contributed by atoms with Gasteiger partial charge in [-0.3, -0.25) is 0 Å². The number of hydrogen-bond donors (Lipinski definition) is 0. The summed E-state index contributed by atoms with van der Waals surface area (Å²) < 4.78 is 10.7. The molecule has 10 heavy (non-hydrogen) atoms. The molecule has 0 aliphatic carbocycles. The second-order valence-electron chi connectivity index (χ2n) is 1.69. The fourth-order valence-electron chi connectivity index (χ4n) is 0.603. The van der Waals surface area contributed by atoms with Gasteiger partial charge in [0.15, 0.2) is 0 Å². The van der Waals surface area contributed by atoms with Crippen LogP contribution < -0.4 is 5.30 Å². The van der Waals surface area contributed by atoms with Crippen LogP contribution in [-0.4, -0.2) is 0 Å². The molecule has 0 radical (unpaired) electrons. The standard InChI is InChI=1S/C6H5NO2P/c8-7-10(9)6-4-2-1-3-5-6/h1-5H/q+1. The van der Waals surface area contributed by atoms with Crippen molar-refractivity contribution in [3.05, 3.63) is 35.2 Å². The molecule has 0 aliphatic rings. The smallest absolute Gasteiger partial charge is 0.0969 e. The van der Waals surface area contributed by atoms with Gasteiger partial charge in [-0.15, -0.1) is 0 Å². The monoisotopic (exact) mass is 154 g/mol. The summed E-state index contributed by atoms with van der Waals surface area (Å²) >= 11 is 0. The molecule has 1 atom stereocenters. The number of rotatable bonds is 2. The lowest BCUT2D eigenvalue weighted by Crippen LogP contribution is -1.90. The van der Waals surface area contributed by atoms with Gasteiger partial charge in [-0.1, -0.05) is 23.1 Å². The van der Waals surface area contributed by atoms with Crippen molar-refractivity contribution in [1.82, 2.24) is 0 Å². The first kappa shape index (κ1) is 7.03. The van der Waals surface area contributed by atoms with Gasteiger partial charge >= 0.3 is 7.95 Å². The molecule has 1 unspecified atom stereocenters. The Labute approximate surface area is 58.9 Å². The van der Waals surface area contributed by atoms with Gasteiger partial charge in [0.2, 0.25) is 10.3 Å². The average Bonchev–Trinajstić information content (AvgIpc) is 2.05. The normalized spacial score (nSPS) is 10.6. The van der Waals surface area contributed by atoms with Gasteiger partial charge in [0, 0.05) is 0 Å². The molecule has 0 heterocycles. The van der Waals surface area contributed by atoms with E-state index < -0.39 is 7.95 Å². The molecular formula is C6H5NO2P+. The zero-order valence-corrected chi connectivity index (χ0v) is 5.99. The lowest BCUT2D eigenvalue weighted by atomic mass is 10.4. The van der Waals surface area contributed by atoms with E-state index in [2.05, 4.69) is 4.95 Å². The Kier molecular flexibility index (Phi) is 2.24. The summed E-state index contributed by atoms with van der Waals surface area (Å²) in [5, 5.41) is 0.479. The van der Waals surface area contributed by atoms with Gasteiger partial charge in [0.05, 0.1) is 0 Å². The molecule has 0 fully saturated rings. The van der Waals surface area contributed by atoms with Gasteiger partial charge in [0.1, 0.15) is 0 Å². The lowest BCUT2D eigenvalue weighted by molar-refractivity contribution is 0.594. The Bertz CT molecular complexity index is 247. The van der Waals surface area contributed by atoms with Crippen molar-refractivity contribution >= 4 is 13.3 Å². The van der Waals surface area contributed by atoms with E-state index in [1.165, 1.54) is 0 Å². The number of hydrogen-bond acceptors (Lipinski definition) is 2. The quantitative estimate of drug-likeness (QED) is 0.481. The van der Waals surface area contributed by atoms with E-state index in [1.807, 2.05) is 0 Å². The Hall–Kier alpha value is -1.08. The van der Waals surface area contributed by atoms with Crippen molar-refractivity contribution < 1.29 is 4.57 Å². The summed E-state index contributed by atoms with van der Waals surface area (Å²) in [6, 6.07) is 8.44. The van der Waals surface area contributed by atoms with Crippen LogP contribution in [0.2, 0.25) is 0 Å². The van der Waals surface area contributed by atoms with Crippen molar-refractivity contribution in [3.8, 4) is 0 Å². The molecule has 1 rings (SSSR count). The predicted octanol–water partition coefficient (Wildman–Crippen LogP) is 1.82. The topological polar surface area (TPSA) is 46.5 Å². The van der Waals surface area contributed by atoms with E-state index in [0.717, 1.165) is 0 Å². The number of nitroso groups, excluding NO2 is 1. The minimum absolute atomic E-state index is 0.479. The molecule has 0 aromatic heterocycles. The summed E-state index contributed by atoms with van der Waals surface area (Å²) in [6.45, 7) is 0. The SMILES string of the molecule is O=N[P+](=O)c1ccccc1. The summed E-state index contributed by atoms with van der Waals surface area (Å²) in [5.41, 5.74) is 0. The van der Waals surface area contributed by atoms with Gasteiger partial charge in [0.25, 0.3) is 0 Å². The number of nitrogens with zero attached hydrogens (tertiary/aromatic N) is 1. The van der Waals surface area contributed by atoms with Gasteiger partial charge < -0.3 is 0 Å². The van der Waals surface area contributed by atoms with Crippen molar-refractivity contribution in [1.29, 1.82) is 0 Å². The molecule has 1 aromatic carbocycles. The fourth-order valence-corrected chi connectivity index (χ4v) is 1.12. The van der Waals surface area contributed by atoms with Crippen LogP contribution >= 0.6 is 7.95 Å². The van der Waals surface area contributed by atoms with Crippen LogP contribution in [0.4, 0.5) is 0 Å². The van der Waals surface area contributed by atoms with Crippen molar-refractivity contribution in [2.24, 2.45) is 4.95 Å². The molecule has 0 saturated heterocycles. The maximum atomic E-state index is 10.7. The number of benzene rings is 1. The minimum Gasteiger partial charge on any atom is -0.0969 e. The third-order valence-electron chi connectivity index (χ3n) is 1.05. The first-order valence-corrected chi connectivity index (χ1v) is 3.91. The van der Waals surface area contributed by atoms with Crippen LogP contribution in [-0.2, 0) is 4.57 Å². The van der Waals surface area contributed by atoms with E-state index in [0.29, 0.717) is 5.30 Å². The summed E-state index contributed by atoms with van der Waals surface area (Å²) in [6.07, 6.45) is 0. The van der Waals surface area contributed by atoms with E-state index >= 15 is 0 Å². The molecule has 0 saturated carbocycles. The summed E-state index contributed by atoms with van der Waals surface area (Å²) in [7, 11) is -2.05. The molecule has 1 aromatic rings. The predicted molar refractivity (Wildman–Crippen MR) is 39.5 cm³/mol. The summed E-state index contributed by atoms with van der Waals surface area (Å²) in [4.78, 5) is 12.2. The molecule has 0 aliphatic heterocycles. The van der Waals surface area contributed by atoms with E-state index in [1.54, 1.807) is 30.3 Å². The molecule has 3 nitrogen and oxygen atoms in total. The van der Waals surface area contributed by atoms with Crippen molar-refractivity contribution in [3.63, 3.8) is 0 Å². The molecule has 0 bridgehead atoms. The Morgan fingerprint density at radius 1 is 1.20 bits per heavy atom. The van der Waals surface area contributed by atoms with Gasteiger partial charge in [-0.2, -0.15) is 0 Å². The second kappa shape index (κ2) is 3.18. The zero-order valence-electron chi connectivity index (χ0n) is 5.10. The first-order valence-electron chi connectivity index (χ1n) is 2.70. The molecule has 4 heteroatoms. The van der Waals surface area contributed by atoms with Crippen LogP contribution in [0.1, 0.15) is 0 Å². The Morgan fingerprint density at radius 2 is 1.80 bits per heavy atom. The highest BCUT2D eigenvalue weighted by Crippen LogP contribution is 2.19. The second-order valence-corrected chi connectivity index (χ2v) is 2.92. The highest BCUT2D eigenvalue weighted by Gasteiger charge is 2.19. The molecular weight excluding hydrogens is 149 g/mol. The van der Waals surface area contributed by atoms with Gasteiger partial charge in [-0.25, -0.2) is 0 Å². The van der Waals surface area contributed by atoms with E-state index in [4.69, 9.17) is 0 Å². The molecule has 0 N–H and O–H groups in total. The van der Waals surface area contributed by atoms with Crippen molar-refractivity contribution in [2.75, 3.05) is 0 Å². The van der Waals surface area contributed by atoms with Crippen LogP contribution in [0.3, 0.4) is 0 Å². The van der Waals surface area contributed by atoms with Crippen LogP contribution in [0.5, 0.6) is 0 Å². The van der Waals surface area contributed by atoms with E-state index in [-0.39, 0.29) is 0 Å². The molecule has 50 valence electrons. The highest BCUT2D eigenvalue weighted by atomic mass is 31.1. The largest absolute Gasteiger partial charge is 0.565 e. The highest BCUT2D eigenvalue weighted by molar-refractivity contribution is 7.51. The third-order valence-corrected chi connectivity index (χ3v) is 1.94. The fraction of sp³-hybridized carbons (Fsp3) is 0. The Balaban J connectivity index is 2.95. The lowest BCUT2D eigenvalue weighted by Gasteiger charge is -1.76. The van der Waals surface area contributed by atoms with Gasteiger partial charge in [-0.05, 0) is 16.7 Å².